The Morgan fingerprint density at radius 1 is 0.818 bits per heavy atom. The fraction of sp³-hybridized carbons (Fsp3) is 1.00. The summed E-state index contributed by atoms with van der Waals surface area (Å²) in [7, 11) is 0. The Balaban J connectivity index is 1.93. The molecule has 2 aliphatic rings. The highest BCUT2D eigenvalue weighted by molar-refractivity contribution is 4.81. The summed E-state index contributed by atoms with van der Waals surface area (Å²) >= 11 is 0. The van der Waals surface area contributed by atoms with Crippen molar-refractivity contribution in [3.05, 3.63) is 0 Å². The highest BCUT2D eigenvalue weighted by Gasteiger charge is 2.29. The first kappa shape index (κ1) is 7.64. The number of hydrogen-bond acceptors (Lipinski definition) is 0. The van der Waals surface area contributed by atoms with Crippen molar-refractivity contribution in [2.24, 2.45) is 17.8 Å². The maximum Gasteiger partial charge on any atom is -0.0383 e. The summed E-state index contributed by atoms with van der Waals surface area (Å²) in [5.74, 6) is 3.31. The third kappa shape index (κ3) is 1.60. The van der Waals surface area contributed by atoms with E-state index in [-0.39, 0.29) is 0 Å². The van der Waals surface area contributed by atoms with E-state index in [0.717, 1.165) is 17.8 Å². The zero-order chi connectivity index (χ0) is 7.68. The van der Waals surface area contributed by atoms with Crippen LogP contribution in [0.3, 0.4) is 0 Å². The van der Waals surface area contributed by atoms with E-state index in [1.54, 1.807) is 25.7 Å². The average Bonchev–Trinajstić information content (AvgIpc) is 2.04. The minimum atomic E-state index is 1.04. The molecule has 2 fully saturated rings. The third-order valence-electron chi connectivity index (χ3n) is 3.80. The molecular formula is C11H20. The molecule has 3 atom stereocenters. The molecule has 2 saturated carbocycles. The first-order valence-electron chi connectivity index (χ1n) is 5.36. The largest absolute Gasteiger partial charge is 0.0625 e. The first-order valence-corrected chi connectivity index (χ1v) is 5.36. The van der Waals surface area contributed by atoms with Crippen molar-refractivity contribution < 1.29 is 0 Å². The highest BCUT2D eigenvalue weighted by atomic mass is 14.4. The van der Waals surface area contributed by atoms with Crippen LogP contribution in [0.4, 0.5) is 0 Å². The molecule has 2 rings (SSSR count). The smallest absolute Gasteiger partial charge is 0.0383 e. The normalized spacial score (nSPS) is 45.0. The first-order chi connectivity index (χ1) is 5.36. The van der Waals surface area contributed by atoms with Gasteiger partial charge in [-0.15, -0.1) is 0 Å². The third-order valence-corrected chi connectivity index (χ3v) is 3.80. The van der Waals surface area contributed by atoms with E-state index in [9.17, 15) is 0 Å². The highest BCUT2D eigenvalue weighted by Crippen LogP contribution is 2.42. The van der Waals surface area contributed by atoms with Gasteiger partial charge in [-0.05, 0) is 30.6 Å². The van der Waals surface area contributed by atoms with Gasteiger partial charge < -0.3 is 0 Å². The number of hydrogen-bond donors (Lipinski definition) is 0. The van der Waals surface area contributed by atoms with Crippen LogP contribution in [0.2, 0.25) is 0 Å². The number of rotatable bonds is 0. The Hall–Kier alpha value is 0. The molecule has 11 heavy (non-hydrogen) atoms. The molecule has 0 aromatic carbocycles. The summed E-state index contributed by atoms with van der Waals surface area (Å²) in [5.41, 5.74) is 0. The SMILES string of the molecule is CC1CC[C@H]2CCCC[C@H]2C1. The van der Waals surface area contributed by atoms with E-state index in [1.807, 2.05) is 0 Å². The van der Waals surface area contributed by atoms with Crippen LogP contribution in [0, 0.1) is 17.8 Å². The standard InChI is InChI=1S/C11H20/c1-9-6-7-10-4-2-3-5-11(10)8-9/h9-11H,2-8H2,1H3/t9?,10-,11+/m1/s1. The van der Waals surface area contributed by atoms with Crippen LogP contribution in [0.25, 0.3) is 0 Å². The minimum Gasteiger partial charge on any atom is -0.0625 e. The fourth-order valence-electron chi connectivity index (χ4n) is 3.11. The molecular weight excluding hydrogens is 132 g/mol. The van der Waals surface area contributed by atoms with Crippen molar-refractivity contribution in [3.63, 3.8) is 0 Å². The molecule has 0 radical (unpaired) electrons. The molecule has 0 amide bonds. The van der Waals surface area contributed by atoms with E-state index in [1.165, 1.54) is 19.3 Å². The zero-order valence-corrected chi connectivity index (χ0v) is 7.68. The Bertz CT molecular complexity index is 128. The maximum atomic E-state index is 2.44. The second kappa shape index (κ2) is 3.16. The Morgan fingerprint density at radius 2 is 1.55 bits per heavy atom. The van der Waals surface area contributed by atoms with Crippen molar-refractivity contribution in [1.29, 1.82) is 0 Å². The van der Waals surface area contributed by atoms with Gasteiger partial charge in [-0.3, -0.25) is 0 Å². The Morgan fingerprint density at radius 3 is 2.36 bits per heavy atom. The van der Waals surface area contributed by atoms with Gasteiger partial charge in [-0.1, -0.05) is 39.0 Å². The van der Waals surface area contributed by atoms with Crippen LogP contribution in [-0.2, 0) is 0 Å². The van der Waals surface area contributed by atoms with Crippen molar-refractivity contribution in [3.8, 4) is 0 Å². The van der Waals surface area contributed by atoms with Gasteiger partial charge in [0.25, 0.3) is 0 Å². The van der Waals surface area contributed by atoms with Crippen molar-refractivity contribution in [2.45, 2.75) is 51.9 Å². The molecule has 0 heterocycles. The van der Waals surface area contributed by atoms with Crippen LogP contribution < -0.4 is 0 Å². The molecule has 1 unspecified atom stereocenters. The van der Waals surface area contributed by atoms with Gasteiger partial charge in [0.15, 0.2) is 0 Å². The summed E-state index contributed by atoms with van der Waals surface area (Å²) in [5, 5.41) is 0. The lowest BCUT2D eigenvalue weighted by molar-refractivity contribution is 0.137. The van der Waals surface area contributed by atoms with Gasteiger partial charge in [-0.2, -0.15) is 0 Å². The van der Waals surface area contributed by atoms with Gasteiger partial charge >= 0.3 is 0 Å². The van der Waals surface area contributed by atoms with Crippen LogP contribution in [0.1, 0.15) is 51.9 Å². The maximum absolute atomic E-state index is 2.44. The van der Waals surface area contributed by atoms with E-state index < -0.39 is 0 Å². The number of fused-ring (bicyclic) bond motifs is 1. The van der Waals surface area contributed by atoms with Crippen LogP contribution in [-0.4, -0.2) is 0 Å². The quantitative estimate of drug-likeness (QED) is 0.497. The molecule has 0 heteroatoms. The molecule has 64 valence electrons. The molecule has 0 saturated heterocycles. The van der Waals surface area contributed by atoms with Crippen LogP contribution >= 0.6 is 0 Å². The minimum absolute atomic E-state index is 1.04. The molecule has 0 nitrogen and oxygen atoms in total. The van der Waals surface area contributed by atoms with Gasteiger partial charge in [0.2, 0.25) is 0 Å². The lowest BCUT2D eigenvalue weighted by Crippen LogP contribution is -2.26. The van der Waals surface area contributed by atoms with E-state index in [2.05, 4.69) is 6.92 Å². The van der Waals surface area contributed by atoms with Crippen LogP contribution in [0.15, 0.2) is 0 Å². The Kier molecular flexibility index (Phi) is 2.20. The summed E-state index contributed by atoms with van der Waals surface area (Å²) in [6, 6.07) is 0. The van der Waals surface area contributed by atoms with Gasteiger partial charge in [0.1, 0.15) is 0 Å². The molecule has 0 aliphatic heterocycles. The van der Waals surface area contributed by atoms with Gasteiger partial charge in [0, 0.05) is 0 Å². The van der Waals surface area contributed by atoms with Gasteiger partial charge in [-0.25, -0.2) is 0 Å². The second-order valence-corrected chi connectivity index (χ2v) is 4.72. The summed E-state index contributed by atoms with van der Waals surface area (Å²) in [4.78, 5) is 0. The topological polar surface area (TPSA) is 0 Å². The van der Waals surface area contributed by atoms with E-state index in [4.69, 9.17) is 0 Å². The van der Waals surface area contributed by atoms with Crippen molar-refractivity contribution in [1.82, 2.24) is 0 Å². The molecule has 0 N–H and O–H groups in total. The fourth-order valence-corrected chi connectivity index (χ4v) is 3.11. The predicted molar refractivity (Wildman–Crippen MR) is 48.5 cm³/mol. The summed E-state index contributed by atoms with van der Waals surface area (Å²) in [6.45, 7) is 2.44. The van der Waals surface area contributed by atoms with Crippen molar-refractivity contribution >= 4 is 0 Å². The Labute approximate surface area is 70.4 Å². The lowest BCUT2D eigenvalue weighted by atomic mass is 9.68. The van der Waals surface area contributed by atoms with Gasteiger partial charge in [0.05, 0.1) is 0 Å². The molecule has 0 bridgehead atoms. The zero-order valence-electron chi connectivity index (χ0n) is 7.68. The molecule has 0 spiro atoms. The van der Waals surface area contributed by atoms with Crippen LogP contribution in [0.5, 0.6) is 0 Å². The lowest BCUT2D eigenvalue weighted by Gasteiger charge is -2.38. The summed E-state index contributed by atoms with van der Waals surface area (Å²) < 4.78 is 0. The average molecular weight is 152 g/mol. The summed E-state index contributed by atoms with van der Waals surface area (Å²) in [6.07, 6.45) is 10.8. The monoisotopic (exact) mass is 152 g/mol. The van der Waals surface area contributed by atoms with Crippen molar-refractivity contribution in [2.75, 3.05) is 0 Å². The predicted octanol–water partition coefficient (Wildman–Crippen LogP) is 3.61. The van der Waals surface area contributed by atoms with E-state index >= 15 is 0 Å². The van der Waals surface area contributed by atoms with E-state index in [0.29, 0.717) is 0 Å². The molecule has 0 aromatic rings. The molecule has 2 aliphatic carbocycles. The molecule has 0 aromatic heterocycles. The second-order valence-electron chi connectivity index (χ2n) is 4.72.